The Morgan fingerprint density at radius 2 is 1.76 bits per heavy atom. The number of piperazine rings is 1. The zero-order valence-corrected chi connectivity index (χ0v) is 24.5. The smallest absolute Gasteiger partial charge is 0.264 e. The summed E-state index contributed by atoms with van der Waals surface area (Å²) < 4.78 is 48.3. The number of carbonyl (C=O) groups is 1. The maximum absolute atomic E-state index is 13.9. The van der Waals surface area contributed by atoms with Crippen molar-refractivity contribution in [2.24, 2.45) is 0 Å². The van der Waals surface area contributed by atoms with E-state index in [-0.39, 0.29) is 29.5 Å². The topological polar surface area (TPSA) is 91.8 Å². The van der Waals surface area contributed by atoms with Crippen LogP contribution in [0.3, 0.4) is 0 Å². The number of pyridine rings is 1. The average molecular weight is 581 g/mol. The van der Waals surface area contributed by atoms with Crippen LogP contribution >= 0.6 is 0 Å². The van der Waals surface area contributed by atoms with Crippen LogP contribution < -0.4 is 9.46 Å². The number of benzene rings is 3. The van der Waals surface area contributed by atoms with Crippen LogP contribution in [0.4, 0.5) is 10.1 Å². The highest BCUT2D eigenvalue weighted by Crippen LogP contribution is 2.28. The Labute approximate surface area is 242 Å². The third-order valence-corrected chi connectivity index (χ3v) is 8.28. The van der Waals surface area contributed by atoms with Crippen molar-refractivity contribution in [1.82, 2.24) is 14.8 Å². The van der Waals surface area contributed by atoms with Gasteiger partial charge in [-0.1, -0.05) is 44.2 Å². The summed E-state index contributed by atoms with van der Waals surface area (Å²) in [5.74, 6) is -0.137. The number of methoxy groups -OCH3 is 1. The minimum atomic E-state index is -3.95. The summed E-state index contributed by atoms with van der Waals surface area (Å²) in [6.45, 7) is 8.68. The number of aryl methyl sites for hydroxylation is 1. The first-order valence-electron chi connectivity index (χ1n) is 13.6. The summed E-state index contributed by atoms with van der Waals surface area (Å²) >= 11 is 0. The maximum atomic E-state index is 13.9. The van der Waals surface area contributed by atoms with Crippen LogP contribution in [0, 0.1) is 12.7 Å². The molecular formula is C31H37FN4O4S. The molecule has 1 saturated heterocycles. The first kappa shape index (κ1) is 30.0. The van der Waals surface area contributed by atoms with E-state index in [4.69, 9.17) is 4.74 Å². The van der Waals surface area contributed by atoms with Crippen molar-refractivity contribution in [2.45, 2.75) is 32.2 Å². The second kappa shape index (κ2) is 13.1. The van der Waals surface area contributed by atoms with Crippen molar-refractivity contribution < 1.29 is 23.8 Å². The van der Waals surface area contributed by atoms with Crippen LogP contribution in [-0.4, -0.2) is 62.4 Å². The van der Waals surface area contributed by atoms with Gasteiger partial charge in [-0.2, -0.15) is 0 Å². The Morgan fingerprint density at radius 1 is 1.02 bits per heavy atom. The van der Waals surface area contributed by atoms with Crippen molar-refractivity contribution in [3.63, 3.8) is 0 Å². The molecule has 0 aliphatic carbocycles. The molecule has 0 saturated carbocycles. The Bertz CT molecular complexity index is 1640. The lowest BCUT2D eigenvalue weighted by molar-refractivity contribution is 0.0625. The Morgan fingerprint density at radius 3 is 2.46 bits per heavy atom. The van der Waals surface area contributed by atoms with Gasteiger partial charge < -0.3 is 9.64 Å². The summed E-state index contributed by atoms with van der Waals surface area (Å²) in [4.78, 5) is 21.5. The second-order valence-electron chi connectivity index (χ2n) is 9.50. The van der Waals surface area contributed by atoms with Crippen LogP contribution in [-0.2, 0) is 16.6 Å². The number of para-hydroxylation sites is 1. The van der Waals surface area contributed by atoms with E-state index in [9.17, 15) is 17.6 Å². The van der Waals surface area contributed by atoms with Crippen LogP contribution in [0.5, 0.6) is 5.75 Å². The van der Waals surface area contributed by atoms with Gasteiger partial charge in [-0.3, -0.25) is 19.4 Å². The quantitative estimate of drug-likeness (QED) is 0.301. The van der Waals surface area contributed by atoms with Crippen molar-refractivity contribution in [1.29, 1.82) is 0 Å². The van der Waals surface area contributed by atoms with Crippen molar-refractivity contribution in [3.8, 4) is 5.75 Å². The zero-order chi connectivity index (χ0) is 29.6. The van der Waals surface area contributed by atoms with Crippen molar-refractivity contribution in [2.75, 3.05) is 38.0 Å². The molecule has 0 bridgehead atoms. The van der Waals surface area contributed by atoms with Gasteiger partial charge in [0.2, 0.25) is 0 Å². The number of nitrogens with zero attached hydrogens (tertiary/aromatic N) is 3. The molecule has 41 heavy (non-hydrogen) atoms. The van der Waals surface area contributed by atoms with E-state index in [1.807, 2.05) is 19.9 Å². The average Bonchev–Trinajstić information content (AvgIpc) is 2.99. The highest BCUT2D eigenvalue weighted by Gasteiger charge is 2.25. The fourth-order valence-corrected chi connectivity index (χ4v) is 5.94. The normalized spacial score (nSPS) is 13.8. The third kappa shape index (κ3) is 6.83. The number of aromatic nitrogens is 1. The minimum absolute atomic E-state index is 0. The van der Waals surface area contributed by atoms with Crippen LogP contribution in [0.25, 0.3) is 10.9 Å². The SMILES string of the molecule is CC.COc1cc(NS(=O)(=O)c2cccc3cccnc23)ccc1C(=O)N1CCN(Cc2ccc(C)c(F)c2)CC1.[HH]. The van der Waals surface area contributed by atoms with Gasteiger partial charge in [0.05, 0.1) is 23.9 Å². The zero-order valence-electron chi connectivity index (χ0n) is 23.7. The first-order chi connectivity index (χ1) is 19.7. The molecule has 3 aromatic carbocycles. The van der Waals surface area contributed by atoms with E-state index < -0.39 is 10.0 Å². The predicted molar refractivity (Wildman–Crippen MR) is 161 cm³/mol. The summed E-state index contributed by atoms with van der Waals surface area (Å²) in [6, 6.07) is 18.4. The van der Waals surface area contributed by atoms with Gasteiger partial charge in [0.15, 0.2) is 0 Å². The number of hydrogen-bond acceptors (Lipinski definition) is 6. The highest BCUT2D eigenvalue weighted by molar-refractivity contribution is 7.93. The molecule has 5 rings (SSSR count). The number of nitrogens with one attached hydrogen (secondary N) is 1. The molecule has 0 unspecified atom stereocenters. The minimum Gasteiger partial charge on any atom is -0.496 e. The first-order valence-corrected chi connectivity index (χ1v) is 15.0. The van der Waals surface area contributed by atoms with Gasteiger partial charge >= 0.3 is 0 Å². The molecule has 218 valence electrons. The molecule has 0 radical (unpaired) electrons. The van der Waals surface area contributed by atoms with Gasteiger partial charge in [-0.05, 0) is 48.4 Å². The highest BCUT2D eigenvalue weighted by atomic mass is 32.2. The molecule has 1 fully saturated rings. The van der Waals surface area contributed by atoms with Gasteiger partial charge in [0, 0.05) is 51.8 Å². The van der Waals surface area contributed by atoms with E-state index >= 15 is 0 Å². The number of fused-ring (bicyclic) bond motifs is 1. The number of hydrogen-bond donors (Lipinski definition) is 1. The number of carbonyl (C=O) groups excluding carboxylic acids is 1. The van der Waals surface area contributed by atoms with E-state index in [1.54, 1.807) is 66.6 Å². The number of rotatable bonds is 7. The summed E-state index contributed by atoms with van der Waals surface area (Å²) in [7, 11) is -2.51. The lowest BCUT2D eigenvalue weighted by Crippen LogP contribution is -2.48. The van der Waals surface area contributed by atoms with E-state index in [0.717, 1.165) is 5.56 Å². The molecule has 4 aromatic rings. The summed E-state index contributed by atoms with van der Waals surface area (Å²) in [6.07, 6.45) is 1.55. The number of halogens is 1. The molecule has 10 heteroatoms. The van der Waals surface area contributed by atoms with Crippen molar-refractivity contribution >= 4 is 32.5 Å². The fourth-order valence-electron chi connectivity index (χ4n) is 4.71. The van der Waals surface area contributed by atoms with E-state index in [1.165, 1.54) is 19.2 Å². The monoisotopic (exact) mass is 580 g/mol. The van der Waals surface area contributed by atoms with Crippen LogP contribution in [0.15, 0.2) is 77.8 Å². The molecule has 1 aromatic heterocycles. The number of sulfonamides is 1. The molecule has 1 amide bonds. The largest absolute Gasteiger partial charge is 0.496 e. The Hall–Kier alpha value is -4.02. The fraction of sp³-hybridized carbons (Fsp3) is 0.290. The van der Waals surface area contributed by atoms with Crippen LogP contribution in [0.1, 0.15) is 36.8 Å². The van der Waals surface area contributed by atoms with Gasteiger partial charge in [0.1, 0.15) is 16.5 Å². The Kier molecular flexibility index (Phi) is 9.57. The van der Waals surface area contributed by atoms with Crippen molar-refractivity contribution in [3.05, 3.63) is 95.4 Å². The lowest BCUT2D eigenvalue weighted by atomic mass is 10.1. The molecule has 0 atom stereocenters. The Balaban J connectivity index is 0.00000158. The molecule has 1 aliphatic rings. The van der Waals surface area contributed by atoms with E-state index in [2.05, 4.69) is 14.6 Å². The maximum Gasteiger partial charge on any atom is 0.264 e. The standard InChI is InChI=1S/C29H29FN4O4S.C2H6.H2/c1-20-8-9-21(17-25(20)30)19-33-13-15-34(16-14-33)29(35)24-11-10-23(18-26(24)38-2)32-39(36,37)27-7-3-5-22-6-4-12-31-28(22)27;1-2;/h3-12,17-18,32H,13-16,19H2,1-2H3;1-2H3;1H. The molecular weight excluding hydrogens is 543 g/mol. The van der Waals surface area contributed by atoms with Gasteiger partial charge in [-0.15, -0.1) is 0 Å². The predicted octanol–water partition coefficient (Wildman–Crippen LogP) is 5.72. The van der Waals surface area contributed by atoms with Crippen LogP contribution in [0.2, 0.25) is 0 Å². The number of ether oxygens (including phenoxy) is 1. The molecule has 1 aliphatic heterocycles. The number of amides is 1. The third-order valence-electron chi connectivity index (χ3n) is 6.87. The lowest BCUT2D eigenvalue weighted by Gasteiger charge is -2.35. The van der Waals surface area contributed by atoms with Gasteiger partial charge in [0.25, 0.3) is 15.9 Å². The second-order valence-corrected chi connectivity index (χ2v) is 11.2. The molecule has 8 nitrogen and oxygen atoms in total. The summed E-state index contributed by atoms with van der Waals surface area (Å²) in [5, 5.41) is 0.713. The van der Waals surface area contributed by atoms with Gasteiger partial charge in [-0.25, -0.2) is 12.8 Å². The number of anilines is 1. The molecule has 1 N–H and O–H groups in total. The van der Waals surface area contributed by atoms with E-state index in [0.29, 0.717) is 54.8 Å². The molecule has 2 heterocycles. The summed E-state index contributed by atoms with van der Waals surface area (Å²) in [5.41, 5.74) is 2.51. The molecule has 0 spiro atoms.